The zero-order valence-corrected chi connectivity index (χ0v) is 11.7. The van der Waals surface area contributed by atoms with Gasteiger partial charge >= 0.3 is 0 Å². The minimum absolute atomic E-state index is 0.181. The Balaban J connectivity index is 1.96. The van der Waals surface area contributed by atoms with Crippen LogP contribution in [0.5, 0.6) is 0 Å². The lowest BCUT2D eigenvalue weighted by Gasteiger charge is -2.11. The number of nitrogens with one attached hydrogen (secondary N) is 1. The normalized spacial score (nSPS) is 21.7. The molecule has 0 amide bonds. The van der Waals surface area contributed by atoms with Crippen LogP contribution < -0.4 is 5.32 Å². The largest absolute Gasteiger partial charge is 0.464 e. The molecule has 2 rings (SSSR count). The van der Waals surface area contributed by atoms with Crippen molar-refractivity contribution in [2.75, 3.05) is 5.75 Å². The summed E-state index contributed by atoms with van der Waals surface area (Å²) in [5.41, 5.74) is 0. The fourth-order valence-corrected chi connectivity index (χ4v) is 3.01. The lowest BCUT2D eigenvalue weighted by Crippen LogP contribution is -2.22. The molecule has 0 aromatic carbocycles. The van der Waals surface area contributed by atoms with Crippen LogP contribution in [0.25, 0.3) is 0 Å². The average molecular weight is 252 g/mol. The van der Waals surface area contributed by atoms with Gasteiger partial charge in [0.05, 0.1) is 12.1 Å². The lowest BCUT2D eigenvalue weighted by atomic mass is 10.1. The van der Waals surface area contributed by atoms with E-state index in [0.29, 0.717) is 12.0 Å². The van der Waals surface area contributed by atoms with E-state index in [2.05, 4.69) is 31.1 Å². The third-order valence-electron chi connectivity index (χ3n) is 2.97. The van der Waals surface area contributed by atoms with Gasteiger partial charge in [-0.15, -0.1) is 0 Å². The summed E-state index contributed by atoms with van der Waals surface area (Å²) in [7, 11) is 0. The molecule has 17 heavy (non-hydrogen) atoms. The number of hydrogen-bond donors (Lipinski definition) is 1. The summed E-state index contributed by atoms with van der Waals surface area (Å²) in [6.07, 6.45) is 0. The van der Waals surface area contributed by atoms with Crippen molar-refractivity contribution in [3.63, 3.8) is 0 Å². The highest BCUT2D eigenvalue weighted by Crippen LogP contribution is 2.24. The first kappa shape index (κ1) is 12.6. The van der Waals surface area contributed by atoms with Crippen LogP contribution in [-0.4, -0.2) is 17.0 Å². The molecule has 1 aromatic heterocycles. The molecule has 0 bridgehead atoms. The molecule has 4 heteroatoms. The number of aliphatic imine (C=N–C) groups is 1. The SMILES string of the molecule is Cc1ccc(C(C)NC2=N[C@@H](C(C)C)CS2)o1. The summed E-state index contributed by atoms with van der Waals surface area (Å²) in [6, 6.07) is 4.65. The van der Waals surface area contributed by atoms with Gasteiger partial charge in [0.1, 0.15) is 11.5 Å². The molecular weight excluding hydrogens is 232 g/mol. The maximum Gasteiger partial charge on any atom is 0.157 e. The smallest absolute Gasteiger partial charge is 0.157 e. The van der Waals surface area contributed by atoms with Gasteiger partial charge in [-0.05, 0) is 31.9 Å². The van der Waals surface area contributed by atoms with Crippen LogP contribution in [0, 0.1) is 12.8 Å². The van der Waals surface area contributed by atoms with Crippen LogP contribution in [0.4, 0.5) is 0 Å². The summed E-state index contributed by atoms with van der Waals surface area (Å²) in [5, 5.41) is 4.46. The van der Waals surface area contributed by atoms with Crippen molar-refractivity contribution in [3.8, 4) is 0 Å². The van der Waals surface area contributed by atoms with E-state index in [0.717, 1.165) is 22.4 Å². The molecular formula is C13H20N2OS. The lowest BCUT2D eigenvalue weighted by molar-refractivity contribution is 0.443. The summed E-state index contributed by atoms with van der Waals surface area (Å²) in [6.45, 7) is 8.50. The Bertz CT molecular complexity index is 411. The second kappa shape index (κ2) is 5.17. The summed E-state index contributed by atoms with van der Waals surface area (Å²) >= 11 is 1.81. The predicted molar refractivity (Wildman–Crippen MR) is 73.5 cm³/mol. The number of amidine groups is 1. The maximum atomic E-state index is 5.60. The van der Waals surface area contributed by atoms with Crippen LogP contribution in [-0.2, 0) is 0 Å². The average Bonchev–Trinajstić information content (AvgIpc) is 2.86. The molecule has 0 saturated carbocycles. The van der Waals surface area contributed by atoms with Crippen molar-refractivity contribution in [3.05, 3.63) is 23.7 Å². The van der Waals surface area contributed by atoms with E-state index in [1.165, 1.54) is 0 Å². The van der Waals surface area contributed by atoms with Crippen molar-refractivity contribution in [1.29, 1.82) is 0 Å². The fourth-order valence-electron chi connectivity index (χ4n) is 1.75. The molecule has 1 N–H and O–H groups in total. The Morgan fingerprint density at radius 3 is 2.71 bits per heavy atom. The molecule has 2 heterocycles. The number of nitrogens with zero attached hydrogens (tertiary/aromatic N) is 1. The van der Waals surface area contributed by atoms with Crippen molar-refractivity contribution in [1.82, 2.24) is 5.32 Å². The van der Waals surface area contributed by atoms with Gasteiger partial charge in [-0.2, -0.15) is 0 Å². The molecule has 1 aliphatic rings. The Morgan fingerprint density at radius 1 is 1.41 bits per heavy atom. The third-order valence-corrected chi connectivity index (χ3v) is 3.98. The van der Waals surface area contributed by atoms with E-state index >= 15 is 0 Å². The van der Waals surface area contributed by atoms with E-state index in [1.807, 2.05) is 19.1 Å². The van der Waals surface area contributed by atoms with Gasteiger partial charge in [-0.3, -0.25) is 4.99 Å². The first-order valence-corrected chi connectivity index (χ1v) is 7.08. The van der Waals surface area contributed by atoms with E-state index in [-0.39, 0.29) is 6.04 Å². The highest BCUT2D eigenvalue weighted by Gasteiger charge is 2.22. The fraction of sp³-hybridized carbons (Fsp3) is 0.615. The van der Waals surface area contributed by atoms with Crippen LogP contribution >= 0.6 is 11.8 Å². The standard InChI is InChI=1S/C13H20N2OS/c1-8(2)11-7-17-13(15-11)14-10(4)12-6-5-9(3)16-12/h5-6,8,10-11H,7H2,1-4H3,(H,14,15)/t10?,11-/m1/s1. The van der Waals surface area contributed by atoms with E-state index in [4.69, 9.17) is 4.42 Å². The molecule has 1 aliphatic heterocycles. The first-order chi connectivity index (χ1) is 8.06. The zero-order valence-electron chi connectivity index (χ0n) is 10.9. The molecule has 0 aliphatic carbocycles. The molecule has 0 spiro atoms. The van der Waals surface area contributed by atoms with E-state index in [9.17, 15) is 0 Å². The molecule has 94 valence electrons. The Hall–Kier alpha value is -0.900. The number of furan rings is 1. The molecule has 1 aromatic rings. The van der Waals surface area contributed by atoms with Crippen molar-refractivity contribution in [2.24, 2.45) is 10.9 Å². The Labute approximate surface area is 107 Å². The van der Waals surface area contributed by atoms with Gasteiger partial charge < -0.3 is 9.73 Å². The number of aryl methyl sites for hydroxylation is 1. The van der Waals surface area contributed by atoms with Crippen LogP contribution in [0.1, 0.15) is 38.3 Å². The molecule has 0 radical (unpaired) electrons. The quantitative estimate of drug-likeness (QED) is 0.896. The van der Waals surface area contributed by atoms with Crippen molar-refractivity contribution >= 4 is 16.9 Å². The number of thioether (sulfide) groups is 1. The third kappa shape index (κ3) is 3.06. The number of hydrogen-bond acceptors (Lipinski definition) is 4. The molecule has 1 unspecified atom stereocenters. The van der Waals surface area contributed by atoms with Crippen molar-refractivity contribution in [2.45, 2.75) is 39.8 Å². The Kier molecular flexibility index (Phi) is 3.82. The molecule has 0 fully saturated rings. The van der Waals surface area contributed by atoms with Crippen molar-refractivity contribution < 1.29 is 4.42 Å². The maximum absolute atomic E-state index is 5.60. The molecule has 3 nitrogen and oxygen atoms in total. The predicted octanol–water partition coefficient (Wildman–Crippen LogP) is 3.37. The van der Waals surface area contributed by atoms with Gasteiger partial charge in [0.15, 0.2) is 5.17 Å². The van der Waals surface area contributed by atoms with Crippen LogP contribution in [0.2, 0.25) is 0 Å². The van der Waals surface area contributed by atoms with Gasteiger partial charge in [0.2, 0.25) is 0 Å². The van der Waals surface area contributed by atoms with Gasteiger partial charge in [-0.1, -0.05) is 25.6 Å². The number of rotatable bonds is 3. The molecule has 0 saturated heterocycles. The second-order valence-electron chi connectivity index (χ2n) is 4.87. The van der Waals surface area contributed by atoms with Crippen LogP contribution in [0.15, 0.2) is 21.5 Å². The Morgan fingerprint density at radius 2 is 2.18 bits per heavy atom. The second-order valence-corrected chi connectivity index (χ2v) is 5.88. The summed E-state index contributed by atoms with van der Waals surface area (Å²) in [4.78, 5) is 4.69. The monoisotopic (exact) mass is 252 g/mol. The highest BCUT2D eigenvalue weighted by molar-refractivity contribution is 8.14. The van der Waals surface area contributed by atoms with E-state index < -0.39 is 0 Å². The minimum atomic E-state index is 0.181. The summed E-state index contributed by atoms with van der Waals surface area (Å²) in [5.74, 6) is 3.63. The topological polar surface area (TPSA) is 37.5 Å². The van der Waals surface area contributed by atoms with E-state index in [1.54, 1.807) is 11.8 Å². The minimum Gasteiger partial charge on any atom is -0.464 e. The summed E-state index contributed by atoms with van der Waals surface area (Å²) < 4.78 is 5.60. The zero-order chi connectivity index (χ0) is 12.4. The van der Waals surface area contributed by atoms with Crippen LogP contribution in [0.3, 0.4) is 0 Å². The van der Waals surface area contributed by atoms with Gasteiger partial charge in [-0.25, -0.2) is 0 Å². The first-order valence-electron chi connectivity index (χ1n) is 6.09. The highest BCUT2D eigenvalue weighted by atomic mass is 32.2. The molecule has 2 atom stereocenters. The van der Waals surface area contributed by atoms with Gasteiger partial charge in [0, 0.05) is 5.75 Å². The van der Waals surface area contributed by atoms with Gasteiger partial charge in [0.25, 0.3) is 0 Å².